The van der Waals surface area contributed by atoms with Crippen LogP contribution in [-0.4, -0.2) is 0 Å². The Morgan fingerprint density at radius 2 is 1.94 bits per heavy atom. The summed E-state index contributed by atoms with van der Waals surface area (Å²) in [6.45, 7) is 10.4. The molecule has 0 aliphatic heterocycles. The van der Waals surface area contributed by atoms with E-state index in [1.54, 1.807) is 0 Å². The molecular formula is C16H22S. The summed E-state index contributed by atoms with van der Waals surface area (Å²) in [6, 6.07) is 8.42. The second-order valence-corrected chi connectivity index (χ2v) is 4.01. The first-order valence-corrected chi connectivity index (χ1v) is 5.75. The zero-order chi connectivity index (χ0) is 12.0. The van der Waals surface area contributed by atoms with E-state index in [0.717, 1.165) is 12.0 Å². The SMILES string of the molecule is C=C(C)/C(=C\C=C/CC)c1ccccc1C.S. The molecule has 0 amide bonds. The molecule has 0 spiro atoms. The fourth-order valence-electron chi connectivity index (χ4n) is 1.64. The Morgan fingerprint density at radius 1 is 1.29 bits per heavy atom. The Labute approximate surface area is 112 Å². The molecule has 1 aromatic carbocycles. The third-order valence-electron chi connectivity index (χ3n) is 2.53. The fourth-order valence-corrected chi connectivity index (χ4v) is 1.64. The average Bonchev–Trinajstić information content (AvgIpc) is 2.25. The minimum Gasteiger partial charge on any atom is -0.197 e. The van der Waals surface area contributed by atoms with Crippen molar-refractivity contribution in [3.63, 3.8) is 0 Å². The van der Waals surface area contributed by atoms with Crippen LogP contribution < -0.4 is 0 Å². The number of rotatable bonds is 4. The lowest BCUT2D eigenvalue weighted by atomic mass is 9.95. The molecule has 1 rings (SSSR count). The van der Waals surface area contributed by atoms with E-state index < -0.39 is 0 Å². The summed E-state index contributed by atoms with van der Waals surface area (Å²) in [5.41, 5.74) is 4.90. The van der Waals surface area contributed by atoms with E-state index in [-0.39, 0.29) is 13.5 Å². The third-order valence-corrected chi connectivity index (χ3v) is 2.53. The molecule has 0 aliphatic rings. The van der Waals surface area contributed by atoms with Gasteiger partial charge in [-0.2, -0.15) is 13.5 Å². The number of hydrogen-bond acceptors (Lipinski definition) is 0. The van der Waals surface area contributed by atoms with Gasteiger partial charge in [0, 0.05) is 0 Å². The first-order valence-electron chi connectivity index (χ1n) is 5.75. The molecule has 1 heteroatoms. The smallest absolute Gasteiger partial charge is 0.0152 e. The van der Waals surface area contributed by atoms with Crippen LogP contribution in [-0.2, 0) is 0 Å². The molecule has 0 radical (unpaired) electrons. The maximum Gasteiger partial charge on any atom is -0.0152 e. The second-order valence-electron chi connectivity index (χ2n) is 4.01. The Balaban J connectivity index is 0.00000256. The molecule has 0 aliphatic carbocycles. The highest BCUT2D eigenvalue weighted by molar-refractivity contribution is 7.59. The normalized spacial score (nSPS) is 11.4. The molecule has 0 fully saturated rings. The van der Waals surface area contributed by atoms with Gasteiger partial charge in [-0.25, -0.2) is 0 Å². The highest BCUT2D eigenvalue weighted by atomic mass is 32.1. The summed E-state index contributed by atoms with van der Waals surface area (Å²) in [5, 5.41) is 0. The van der Waals surface area contributed by atoms with Crippen LogP contribution in [0.15, 0.2) is 54.6 Å². The van der Waals surface area contributed by atoms with Crippen LogP contribution in [0.25, 0.3) is 5.57 Å². The molecule has 1 aromatic rings. The third kappa shape index (κ3) is 4.66. The van der Waals surface area contributed by atoms with Gasteiger partial charge in [0.2, 0.25) is 0 Å². The van der Waals surface area contributed by atoms with E-state index in [1.807, 2.05) is 0 Å². The lowest BCUT2D eigenvalue weighted by Gasteiger charge is -2.09. The van der Waals surface area contributed by atoms with Gasteiger partial charge in [0.05, 0.1) is 0 Å². The molecule has 0 nitrogen and oxygen atoms in total. The zero-order valence-electron chi connectivity index (χ0n) is 11.0. The molecule has 0 unspecified atom stereocenters. The van der Waals surface area contributed by atoms with Gasteiger partial charge >= 0.3 is 0 Å². The molecule has 92 valence electrons. The first kappa shape index (κ1) is 15.8. The summed E-state index contributed by atoms with van der Waals surface area (Å²) in [6.07, 6.45) is 7.47. The topological polar surface area (TPSA) is 0 Å². The van der Waals surface area contributed by atoms with E-state index in [0.29, 0.717) is 0 Å². The van der Waals surface area contributed by atoms with Crippen LogP contribution in [0.5, 0.6) is 0 Å². The molecule has 0 atom stereocenters. The monoisotopic (exact) mass is 246 g/mol. The van der Waals surface area contributed by atoms with E-state index >= 15 is 0 Å². The average molecular weight is 246 g/mol. The summed E-state index contributed by atoms with van der Waals surface area (Å²) >= 11 is 0. The van der Waals surface area contributed by atoms with E-state index in [2.05, 4.69) is 69.8 Å². The van der Waals surface area contributed by atoms with Crippen LogP contribution in [0.1, 0.15) is 31.4 Å². The van der Waals surface area contributed by atoms with Crippen molar-refractivity contribution in [2.75, 3.05) is 0 Å². The van der Waals surface area contributed by atoms with Gasteiger partial charge in [-0.1, -0.05) is 61.6 Å². The minimum absolute atomic E-state index is 0. The summed E-state index contributed by atoms with van der Waals surface area (Å²) < 4.78 is 0. The standard InChI is InChI=1S/C16H20.H2S/c1-5-6-7-11-15(13(2)3)16-12-9-8-10-14(16)4;/h6-12H,2,5H2,1,3-4H3;1H2/b7-6-,15-11+;. The zero-order valence-corrected chi connectivity index (χ0v) is 12.0. The predicted molar refractivity (Wildman–Crippen MR) is 83.8 cm³/mol. The number of benzene rings is 1. The minimum atomic E-state index is 0. The highest BCUT2D eigenvalue weighted by Gasteiger charge is 2.03. The van der Waals surface area contributed by atoms with Crippen molar-refractivity contribution in [1.29, 1.82) is 0 Å². The van der Waals surface area contributed by atoms with Gasteiger partial charge in [-0.05, 0) is 37.0 Å². The first-order chi connectivity index (χ1) is 7.66. The van der Waals surface area contributed by atoms with Gasteiger partial charge in [0.1, 0.15) is 0 Å². The molecular weight excluding hydrogens is 224 g/mol. The summed E-state index contributed by atoms with van der Waals surface area (Å²) in [5.74, 6) is 0. The Kier molecular flexibility index (Phi) is 7.40. The van der Waals surface area contributed by atoms with E-state index in [1.165, 1.54) is 16.7 Å². The van der Waals surface area contributed by atoms with Crippen molar-refractivity contribution in [1.82, 2.24) is 0 Å². The maximum absolute atomic E-state index is 4.05. The lowest BCUT2D eigenvalue weighted by Crippen LogP contribution is -1.89. The van der Waals surface area contributed by atoms with Crippen molar-refractivity contribution >= 4 is 19.1 Å². The molecule has 17 heavy (non-hydrogen) atoms. The largest absolute Gasteiger partial charge is 0.197 e. The molecule has 0 saturated heterocycles. The Hall–Kier alpha value is -1.21. The van der Waals surface area contributed by atoms with Crippen molar-refractivity contribution in [3.05, 3.63) is 65.8 Å². The van der Waals surface area contributed by atoms with Gasteiger partial charge in [-0.3, -0.25) is 0 Å². The van der Waals surface area contributed by atoms with E-state index in [9.17, 15) is 0 Å². The molecule has 0 N–H and O–H groups in total. The van der Waals surface area contributed by atoms with Crippen LogP contribution in [0.2, 0.25) is 0 Å². The molecule has 0 bridgehead atoms. The predicted octanol–water partition coefficient (Wildman–Crippen LogP) is 5.03. The number of allylic oxidation sites excluding steroid dienone is 5. The van der Waals surface area contributed by atoms with Crippen LogP contribution in [0.4, 0.5) is 0 Å². The van der Waals surface area contributed by atoms with Crippen molar-refractivity contribution in [2.45, 2.75) is 27.2 Å². The quantitative estimate of drug-likeness (QED) is 0.653. The Morgan fingerprint density at radius 3 is 2.47 bits per heavy atom. The fraction of sp³-hybridized carbons (Fsp3) is 0.250. The number of hydrogen-bond donors (Lipinski definition) is 0. The van der Waals surface area contributed by atoms with Crippen LogP contribution in [0.3, 0.4) is 0 Å². The molecule has 0 heterocycles. The van der Waals surface area contributed by atoms with Crippen molar-refractivity contribution in [3.8, 4) is 0 Å². The van der Waals surface area contributed by atoms with Crippen LogP contribution in [0, 0.1) is 6.92 Å². The van der Waals surface area contributed by atoms with Crippen molar-refractivity contribution in [2.24, 2.45) is 0 Å². The van der Waals surface area contributed by atoms with Gasteiger partial charge in [-0.15, -0.1) is 0 Å². The highest BCUT2D eigenvalue weighted by Crippen LogP contribution is 2.24. The summed E-state index contributed by atoms with van der Waals surface area (Å²) in [7, 11) is 0. The molecule has 0 aromatic heterocycles. The lowest BCUT2D eigenvalue weighted by molar-refractivity contribution is 1.22. The molecule has 0 saturated carbocycles. The van der Waals surface area contributed by atoms with E-state index in [4.69, 9.17) is 0 Å². The van der Waals surface area contributed by atoms with Gasteiger partial charge < -0.3 is 0 Å². The Bertz CT molecular complexity index is 425. The van der Waals surface area contributed by atoms with Gasteiger partial charge in [0.25, 0.3) is 0 Å². The second kappa shape index (κ2) is 7.97. The van der Waals surface area contributed by atoms with Crippen molar-refractivity contribution < 1.29 is 0 Å². The number of aryl methyl sites for hydroxylation is 1. The van der Waals surface area contributed by atoms with Crippen LogP contribution >= 0.6 is 13.5 Å². The summed E-state index contributed by atoms with van der Waals surface area (Å²) in [4.78, 5) is 0. The maximum atomic E-state index is 4.05. The van der Waals surface area contributed by atoms with Gasteiger partial charge in [0.15, 0.2) is 0 Å².